The van der Waals surface area contributed by atoms with E-state index >= 15 is 0 Å². The highest BCUT2D eigenvalue weighted by atomic mass is 35.5. The summed E-state index contributed by atoms with van der Waals surface area (Å²) in [5.74, 6) is 0.408. The molecule has 0 radical (unpaired) electrons. The Labute approximate surface area is 184 Å². The Kier molecular flexibility index (Phi) is 4.05. The van der Waals surface area contributed by atoms with Gasteiger partial charge in [0, 0.05) is 51.2 Å². The van der Waals surface area contributed by atoms with Crippen molar-refractivity contribution in [3.63, 3.8) is 0 Å². The van der Waals surface area contributed by atoms with Gasteiger partial charge in [-0.25, -0.2) is 0 Å². The van der Waals surface area contributed by atoms with E-state index < -0.39 is 5.92 Å². The van der Waals surface area contributed by atoms with Gasteiger partial charge in [-0.15, -0.1) is 0 Å². The number of Topliss-reactive ketones (excluding diaryl/α,β-unsaturated/α-hetero) is 2. The van der Waals surface area contributed by atoms with Crippen molar-refractivity contribution in [2.75, 3.05) is 0 Å². The lowest BCUT2D eigenvalue weighted by Gasteiger charge is -2.35. The average Bonchev–Trinajstić information content (AvgIpc) is 3.41. The molecular weight excluding hydrogens is 410 g/mol. The number of fused-ring (bicyclic) bond motifs is 2. The summed E-state index contributed by atoms with van der Waals surface area (Å²) in [5, 5.41) is 4.11. The molecule has 2 atom stereocenters. The fourth-order valence-corrected chi connectivity index (χ4v) is 5.23. The Balaban J connectivity index is 1.53. The van der Waals surface area contributed by atoms with Crippen molar-refractivity contribution < 1.29 is 14.0 Å². The average molecular weight is 428 g/mol. The van der Waals surface area contributed by atoms with Crippen LogP contribution in [0.2, 0.25) is 5.02 Å². The quantitative estimate of drug-likeness (QED) is 0.576. The van der Waals surface area contributed by atoms with E-state index in [1.807, 2.05) is 60.7 Å². The molecule has 0 saturated heterocycles. The number of halogens is 1. The van der Waals surface area contributed by atoms with Gasteiger partial charge in [-0.2, -0.15) is 0 Å². The molecular formula is C26H18ClNO3. The molecule has 6 rings (SSSR count). The topological polar surface area (TPSA) is 59.3 Å². The van der Waals surface area contributed by atoms with E-state index in [9.17, 15) is 9.59 Å². The van der Waals surface area contributed by atoms with E-state index in [1.165, 1.54) is 0 Å². The molecule has 2 aromatic carbocycles. The van der Waals surface area contributed by atoms with Crippen LogP contribution in [-0.2, 0) is 4.79 Å². The van der Waals surface area contributed by atoms with E-state index in [1.54, 1.807) is 6.26 Å². The first kappa shape index (κ1) is 18.4. The van der Waals surface area contributed by atoms with E-state index in [-0.39, 0.29) is 17.5 Å². The third-order valence-electron chi connectivity index (χ3n) is 6.46. The second kappa shape index (κ2) is 6.82. The van der Waals surface area contributed by atoms with Gasteiger partial charge in [0.15, 0.2) is 11.6 Å². The first-order valence-corrected chi connectivity index (χ1v) is 10.7. The minimum atomic E-state index is -0.409. The summed E-state index contributed by atoms with van der Waals surface area (Å²) < 4.78 is 5.60. The van der Waals surface area contributed by atoms with Crippen molar-refractivity contribution >= 4 is 28.9 Å². The molecule has 2 aliphatic carbocycles. The number of dihydropyridines is 1. The van der Waals surface area contributed by atoms with Gasteiger partial charge in [0.1, 0.15) is 5.76 Å². The largest absolute Gasteiger partial charge is 0.469 e. The molecule has 2 heterocycles. The number of ketones is 2. The zero-order valence-electron chi connectivity index (χ0n) is 16.5. The van der Waals surface area contributed by atoms with Crippen LogP contribution in [0, 0.1) is 0 Å². The van der Waals surface area contributed by atoms with Crippen molar-refractivity contribution in [1.29, 1.82) is 0 Å². The van der Waals surface area contributed by atoms with Gasteiger partial charge in [0.25, 0.3) is 0 Å². The Morgan fingerprint density at radius 3 is 2.39 bits per heavy atom. The van der Waals surface area contributed by atoms with E-state index in [2.05, 4.69) is 5.32 Å². The lowest BCUT2D eigenvalue weighted by Crippen LogP contribution is -2.33. The van der Waals surface area contributed by atoms with E-state index in [0.717, 1.165) is 28.3 Å². The molecule has 0 amide bonds. The monoisotopic (exact) mass is 427 g/mol. The molecule has 4 nitrogen and oxygen atoms in total. The van der Waals surface area contributed by atoms with Crippen molar-refractivity contribution in [3.8, 4) is 0 Å². The predicted octanol–water partition coefficient (Wildman–Crippen LogP) is 5.63. The van der Waals surface area contributed by atoms with Crippen LogP contribution < -0.4 is 5.32 Å². The number of furan rings is 1. The normalized spacial score (nSPS) is 22.2. The highest BCUT2D eigenvalue weighted by molar-refractivity contribution is 6.30. The highest BCUT2D eigenvalue weighted by Crippen LogP contribution is 2.50. The third kappa shape index (κ3) is 2.75. The summed E-state index contributed by atoms with van der Waals surface area (Å²) >= 11 is 6.13. The van der Waals surface area contributed by atoms with Crippen LogP contribution in [0.5, 0.6) is 0 Å². The molecule has 152 valence electrons. The summed E-state index contributed by atoms with van der Waals surface area (Å²) in [4.78, 5) is 26.9. The first-order chi connectivity index (χ1) is 15.1. The van der Waals surface area contributed by atoms with Gasteiger partial charge in [0.2, 0.25) is 0 Å². The van der Waals surface area contributed by atoms with Gasteiger partial charge in [-0.1, -0.05) is 48.0 Å². The van der Waals surface area contributed by atoms with Gasteiger partial charge >= 0.3 is 0 Å². The molecule has 5 heteroatoms. The SMILES string of the molecule is O=C1C[C@H](c2ccco2)CC2=C1[C@@H](c1ccc(Cl)cc1)C1=C(N2)c2ccccc2C1=O. The van der Waals surface area contributed by atoms with Crippen LogP contribution in [0.3, 0.4) is 0 Å². The smallest absolute Gasteiger partial charge is 0.192 e. The zero-order valence-corrected chi connectivity index (χ0v) is 17.3. The van der Waals surface area contributed by atoms with Crippen LogP contribution in [0.25, 0.3) is 5.70 Å². The predicted molar refractivity (Wildman–Crippen MR) is 118 cm³/mol. The number of hydrogen-bond donors (Lipinski definition) is 1. The number of allylic oxidation sites excluding steroid dienone is 3. The first-order valence-electron chi connectivity index (χ1n) is 10.3. The summed E-state index contributed by atoms with van der Waals surface area (Å²) in [6.07, 6.45) is 2.66. The Morgan fingerprint density at radius 2 is 1.65 bits per heavy atom. The number of carbonyl (C=O) groups is 2. The van der Waals surface area contributed by atoms with E-state index in [4.69, 9.17) is 16.0 Å². The second-order valence-corrected chi connectivity index (χ2v) is 8.65. The maximum Gasteiger partial charge on any atom is 0.192 e. The molecule has 1 N–H and O–H groups in total. The molecule has 0 fully saturated rings. The molecule has 3 aliphatic rings. The van der Waals surface area contributed by atoms with Crippen molar-refractivity contribution in [3.05, 3.63) is 111 Å². The third-order valence-corrected chi connectivity index (χ3v) is 6.72. The van der Waals surface area contributed by atoms with Crippen LogP contribution in [0.1, 0.15) is 51.9 Å². The summed E-state index contributed by atoms with van der Waals surface area (Å²) in [6.45, 7) is 0. The standard InChI is InChI=1S/C26H18ClNO3/c27-16-9-7-14(8-10-16)22-23-19(12-15(13-20(23)29)21-6-3-11-31-21)28-25-17-4-1-2-5-18(17)26(30)24(22)25/h1-11,15,22,28H,12-13H2/t15-,22-/m1/s1. The summed E-state index contributed by atoms with van der Waals surface area (Å²) in [7, 11) is 0. The van der Waals surface area contributed by atoms with Crippen LogP contribution in [-0.4, -0.2) is 11.6 Å². The number of nitrogens with one attached hydrogen (secondary N) is 1. The highest BCUT2D eigenvalue weighted by Gasteiger charge is 2.45. The van der Waals surface area contributed by atoms with Crippen LogP contribution in [0.4, 0.5) is 0 Å². The van der Waals surface area contributed by atoms with Gasteiger partial charge < -0.3 is 9.73 Å². The van der Waals surface area contributed by atoms with Crippen LogP contribution >= 0.6 is 11.6 Å². The molecule has 1 aliphatic heterocycles. The van der Waals surface area contributed by atoms with Gasteiger partial charge in [-0.05, 0) is 36.2 Å². The molecule has 0 unspecified atom stereocenters. The maximum absolute atomic E-state index is 13.5. The van der Waals surface area contributed by atoms with Crippen LogP contribution in [0.15, 0.2) is 88.2 Å². The maximum atomic E-state index is 13.5. The second-order valence-electron chi connectivity index (χ2n) is 8.21. The number of rotatable bonds is 2. The fraction of sp³-hybridized carbons (Fsp3) is 0.154. The van der Waals surface area contributed by atoms with Crippen molar-refractivity contribution in [2.45, 2.75) is 24.7 Å². The lowest BCUT2D eigenvalue weighted by atomic mass is 9.72. The summed E-state index contributed by atoms with van der Waals surface area (Å²) in [6, 6.07) is 18.8. The molecule has 1 aromatic heterocycles. The molecule has 0 bridgehead atoms. The summed E-state index contributed by atoms with van der Waals surface area (Å²) in [5.41, 5.74) is 5.48. The minimum absolute atomic E-state index is 0.0193. The molecule has 31 heavy (non-hydrogen) atoms. The number of carbonyl (C=O) groups excluding carboxylic acids is 2. The minimum Gasteiger partial charge on any atom is -0.469 e. The fourth-order valence-electron chi connectivity index (χ4n) is 5.11. The Bertz CT molecular complexity index is 1300. The van der Waals surface area contributed by atoms with Crippen molar-refractivity contribution in [1.82, 2.24) is 5.32 Å². The number of benzene rings is 2. The van der Waals surface area contributed by atoms with Gasteiger partial charge in [0.05, 0.1) is 12.0 Å². The van der Waals surface area contributed by atoms with Crippen molar-refractivity contribution in [2.24, 2.45) is 0 Å². The van der Waals surface area contributed by atoms with E-state index in [0.29, 0.717) is 34.6 Å². The molecule has 0 spiro atoms. The Morgan fingerprint density at radius 1 is 0.871 bits per heavy atom. The Hall–Kier alpha value is -3.37. The molecule has 3 aromatic rings. The number of hydrogen-bond acceptors (Lipinski definition) is 4. The zero-order chi connectivity index (χ0) is 21.1. The lowest BCUT2D eigenvalue weighted by molar-refractivity contribution is -0.116. The molecule has 0 saturated carbocycles. The van der Waals surface area contributed by atoms with Gasteiger partial charge in [-0.3, -0.25) is 9.59 Å².